The van der Waals surface area contributed by atoms with Crippen LogP contribution in [0.1, 0.15) is 24.8 Å². The van der Waals surface area contributed by atoms with E-state index in [4.69, 9.17) is 5.11 Å². The number of aliphatic hydroxyl groups excluding tert-OH is 1. The second-order valence-corrected chi connectivity index (χ2v) is 4.84. The van der Waals surface area contributed by atoms with E-state index >= 15 is 0 Å². The lowest BCUT2D eigenvalue weighted by Crippen LogP contribution is -2.40. The van der Waals surface area contributed by atoms with Gasteiger partial charge in [-0.05, 0) is 18.9 Å². The van der Waals surface area contributed by atoms with Gasteiger partial charge in [0.2, 0.25) is 0 Å². The summed E-state index contributed by atoms with van der Waals surface area (Å²) in [5.74, 6) is 1.43. The number of likely N-dealkylation sites (tertiary alicyclic amines) is 1. The molecule has 0 bridgehead atoms. The molecule has 6 nitrogen and oxygen atoms in total. The lowest BCUT2D eigenvalue weighted by atomic mass is 10.0. The van der Waals surface area contributed by atoms with Gasteiger partial charge in [-0.3, -0.25) is 9.67 Å². The topological polar surface area (TPSA) is 65.7 Å². The molecular formula is C13H24IN5O. The van der Waals surface area contributed by atoms with Crippen LogP contribution < -0.4 is 5.32 Å². The fourth-order valence-corrected chi connectivity index (χ4v) is 2.46. The summed E-state index contributed by atoms with van der Waals surface area (Å²) in [6.45, 7) is 5.41. The average molecular weight is 393 g/mol. The Labute approximate surface area is 137 Å². The number of hydrogen-bond donors (Lipinski definition) is 2. The van der Waals surface area contributed by atoms with E-state index in [1.165, 1.54) is 5.56 Å². The quantitative estimate of drug-likeness (QED) is 0.451. The van der Waals surface area contributed by atoms with E-state index in [9.17, 15) is 0 Å². The van der Waals surface area contributed by atoms with Gasteiger partial charge in [0.15, 0.2) is 5.96 Å². The Kier molecular flexibility index (Phi) is 7.28. The zero-order valence-corrected chi connectivity index (χ0v) is 14.4. The highest BCUT2D eigenvalue weighted by Crippen LogP contribution is 2.26. The molecule has 2 heterocycles. The number of aliphatic imine (C=N–C) groups is 1. The fourth-order valence-electron chi connectivity index (χ4n) is 2.46. The highest BCUT2D eigenvalue weighted by Gasteiger charge is 2.26. The molecule has 1 fully saturated rings. The summed E-state index contributed by atoms with van der Waals surface area (Å²) in [6.07, 6.45) is 5.16. The SMILES string of the molecule is CCNC(=NCCO)N1CCC(c2cnn(C)c2)C1.I. The molecule has 7 heteroatoms. The average Bonchev–Trinajstić information content (AvgIpc) is 3.03. The first-order chi connectivity index (χ1) is 9.24. The minimum Gasteiger partial charge on any atom is -0.394 e. The van der Waals surface area contributed by atoms with Crippen LogP contribution >= 0.6 is 24.0 Å². The molecule has 1 unspecified atom stereocenters. The molecule has 0 radical (unpaired) electrons. The van der Waals surface area contributed by atoms with Gasteiger partial charge in [-0.2, -0.15) is 5.10 Å². The predicted octanol–water partition coefficient (Wildman–Crippen LogP) is 0.785. The van der Waals surface area contributed by atoms with Crippen molar-refractivity contribution in [3.05, 3.63) is 18.0 Å². The van der Waals surface area contributed by atoms with Crippen LogP contribution in [0.4, 0.5) is 0 Å². The third kappa shape index (κ3) is 4.34. The number of halogens is 1. The maximum atomic E-state index is 8.89. The van der Waals surface area contributed by atoms with E-state index in [1.54, 1.807) is 0 Å². The lowest BCUT2D eigenvalue weighted by Gasteiger charge is -2.21. The molecular weight excluding hydrogens is 369 g/mol. The van der Waals surface area contributed by atoms with Crippen molar-refractivity contribution in [1.82, 2.24) is 20.0 Å². The third-order valence-corrected chi connectivity index (χ3v) is 3.38. The number of guanidine groups is 1. The number of rotatable bonds is 4. The molecule has 1 aliphatic rings. The Hall–Kier alpha value is -0.830. The van der Waals surface area contributed by atoms with E-state index in [0.29, 0.717) is 12.5 Å². The summed E-state index contributed by atoms with van der Waals surface area (Å²) in [6, 6.07) is 0. The monoisotopic (exact) mass is 393 g/mol. The lowest BCUT2D eigenvalue weighted by molar-refractivity contribution is 0.305. The standard InChI is InChI=1S/C13H23N5O.HI/c1-3-14-13(15-5-7-19)18-6-4-11(10-18)12-8-16-17(2)9-12;/h8-9,11,19H,3-7,10H2,1-2H3,(H,14,15);1H. The van der Waals surface area contributed by atoms with E-state index < -0.39 is 0 Å². The number of nitrogens with zero attached hydrogens (tertiary/aromatic N) is 4. The fraction of sp³-hybridized carbons (Fsp3) is 0.692. The van der Waals surface area contributed by atoms with Gasteiger partial charge in [0.25, 0.3) is 0 Å². The second kappa shape index (κ2) is 8.46. The molecule has 1 aromatic heterocycles. The molecule has 0 spiro atoms. The van der Waals surface area contributed by atoms with Gasteiger partial charge in [0.1, 0.15) is 0 Å². The maximum absolute atomic E-state index is 8.89. The van der Waals surface area contributed by atoms with Crippen molar-refractivity contribution in [2.75, 3.05) is 32.8 Å². The summed E-state index contributed by atoms with van der Waals surface area (Å²) in [5.41, 5.74) is 1.29. The van der Waals surface area contributed by atoms with Crippen molar-refractivity contribution < 1.29 is 5.11 Å². The molecule has 2 N–H and O–H groups in total. The van der Waals surface area contributed by atoms with Crippen molar-refractivity contribution in [3.63, 3.8) is 0 Å². The smallest absolute Gasteiger partial charge is 0.194 e. The Morgan fingerprint density at radius 3 is 3.00 bits per heavy atom. The Balaban J connectivity index is 0.00000200. The molecule has 1 saturated heterocycles. The highest BCUT2D eigenvalue weighted by molar-refractivity contribution is 14.0. The second-order valence-electron chi connectivity index (χ2n) is 4.84. The third-order valence-electron chi connectivity index (χ3n) is 3.38. The van der Waals surface area contributed by atoms with Gasteiger partial charge < -0.3 is 15.3 Å². The first-order valence-corrected chi connectivity index (χ1v) is 6.87. The van der Waals surface area contributed by atoms with Crippen LogP contribution in [0.2, 0.25) is 0 Å². The van der Waals surface area contributed by atoms with E-state index in [-0.39, 0.29) is 30.6 Å². The summed E-state index contributed by atoms with van der Waals surface area (Å²) in [4.78, 5) is 6.67. The molecule has 0 amide bonds. The summed E-state index contributed by atoms with van der Waals surface area (Å²) in [5, 5.41) is 16.4. The summed E-state index contributed by atoms with van der Waals surface area (Å²) >= 11 is 0. The van der Waals surface area contributed by atoms with E-state index in [0.717, 1.165) is 32.0 Å². The zero-order chi connectivity index (χ0) is 13.7. The van der Waals surface area contributed by atoms with Gasteiger partial charge in [-0.15, -0.1) is 24.0 Å². The van der Waals surface area contributed by atoms with Crippen molar-refractivity contribution in [2.45, 2.75) is 19.3 Å². The van der Waals surface area contributed by atoms with Crippen LogP contribution in [0.5, 0.6) is 0 Å². The van der Waals surface area contributed by atoms with Crippen molar-refractivity contribution >= 4 is 29.9 Å². The van der Waals surface area contributed by atoms with Gasteiger partial charge in [-0.25, -0.2) is 0 Å². The van der Waals surface area contributed by atoms with E-state index in [2.05, 4.69) is 33.4 Å². The molecule has 0 aliphatic carbocycles. The maximum Gasteiger partial charge on any atom is 0.194 e. The van der Waals surface area contributed by atoms with Gasteiger partial charge in [0.05, 0.1) is 19.3 Å². The zero-order valence-electron chi connectivity index (χ0n) is 12.1. The van der Waals surface area contributed by atoms with Crippen LogP contribution in [0, 0.1) is 0 Å². The highest BCUT2D eigenvalue weighted by atomic mass is 127. The molecule has 1 aromatic rings. The van der Waals surface area contributed by atoms with Crippen molar-refractivity contribution in [2.24, 2.45) is 12.0 Å². The van der Waals surface area contributed by atoms with Crippen LogP contribution in [0.3, 0.4) is 0 Å². The molecule has 0 saturated carbocycles. The van der Waals surface area contributed by atoms with Crippen molar-refractivity contribution in [3.8, 4) is 0 Å². The Morgan fingerprint density at radius 1 is 1.60 bits per heavy atom. The first-order valence-electron chi connectivity index (χ1n) is 6.87. The van der Waals surface area contributed by atoms with Gasteiger partial charge in [-0.1, -0.05) is 0 Å². The minimum absolute atomic E-state index is 0. The van der Waals surface area contributed by atoms with Crippen molar-refractivity contribution in [1.29, 1.82) is 0 Å². The predicted molar refractivity (Wildman–Crippen MR) is 90.6 cm³/mol. The molecule has 1 aliphatic heterocycles. The van der Waals surface area contributed by atoms with Crippen LogP contribution in [-0.2, 0) is 7.05 Å². The van der Waals surface area contributed by atoms with Crippen LogP contribution in [-0.4, -0.2) is 58.5 Å². The minimum atomic E-state index is 0. The van der Waals surface area contributed by atoms with Crippen LogP contribution in [0.15, 0.2) is 17.4 Å². The number of aryl methyl sites for hydroxylation is 1. The summed E-state index contributed by atoms with van der Waals surface area (Å²) in [7, 11) is 1.95. The number of aliphatic hydroxyl groups is 1. The van der Waals surface area contributed by atoms with Crippen LogP contribution in [0.25, 0.3) is 0 Å². The molecule has 20 heavy (non-hydrogen) atoms. The normalized spacial score (nSPS) is 19.1. The number of hydrogen-bond acceptors (Lipinski definition) is 3. The van der Waals surface area contributed by atoms with Gasteiger partial charge in [0, 0.05) is 38.8 Å². The molecule has 0 aromatic carbocycles. The largest absolute Gasteiger partial charge is 0.394 e. The summed E-state index contributed by atoms with van der Waals surface area (Å²) < 4.78 is 1.85. The van der Waals surface area contributed by atoms with E-state index in [1.807, 2.05) is 17.9 Å². The first kappa shape index (κ1) is 17.2. The molecule has 1 atom stereocenters. The number of nitrogens with one attached hydrogen (secondary N) is 1. The Morgan fingerprint density at radius 2 is 2.40 bits per heavy atom. The van der Waals surface area contributed by atoms with Gasteiger partial charge >= 0.3 is 0 Å². The molecule has 114 valence electrons. The number of aromatic nitrogens is 2. The molecule has 2 rings (SSSR count). The Bertz CT molecular complexity index is 434.